The number of thioether (sulfide) groups is 1. The van der Waals surface area contributed by atoms with Crippen LogP contribution >= 0.6 is 11.8 Å². The molecular formula is C15H15N5O2S. The summed E-state index contributed by atoms with van der Waals surface area (Å²) >= 11 is 1.47. The first-order chi connectivity index (χ1) is 11.1. The van der Waals surface area contributed by atoms with E-state index in [2.05, 4.69) is 25.3 Å². The average molecular weight is 329 g/mol. The van der Waals surface area contributed by atoms with Gasteiger partial charge in [0.1, 0.15) is 5.76 Å². The molecule has 3 rings (SSSR count). The molecule has 0 aliphatic carbocycles. The Kier molecular flexibility index (Phi) is 4.42. The molecule has 23 heavy (non-hydrogen) atoms. The van der Waals surface area contributed by atoms with Crippen molar-refractivity contribution in [2.24, 2.45) is 0 Å². The Bertz CT molecular complexity index is 793. The second-order valence-corrected chi connectivity index (χ2v) is 5.82. The number of carbonyl (C=O) groups is 1. The second kappa shape index (κ2) is 6.66. The molecule has 3 heterocycles. The number of aromatic nitrogens is 4. The van der Waals surface area contributed by atoms with Gasteiger partial charge in [0.15, 0.2) is 10.9 Å². The molecule has 0 saturated heterocycles. The standard InChI is InChI=1S/C15H15N5O2S/c1-9-7-10(2)19-15(18-9)23-8-11-3-4-12(22-11)13(21)20-14-16-5-6-17-14/h3-7H,8H2,1-2H3,(H2,16,17,20,21). The number of hydrogen-bond donors (Lipinski definition) is 2. The summed E-state index contributed by atoms with van der Waals surface area (Å²) in [5, 5.41) is 3.30. The van der Waals surface area contributed by atoms with Crippen LogP contribution in [-0.2, 0) is 5.75 Å². The highest BCUT2D eigenvalue weighted by atomic mass is 32.2. The Labute approximate surface area is 137 Å². The lowest BCUT2D eigenvalue weighted by Crippen LogP contribution is -2.11. The van der Waals surface area contributed by atoms with Crippen LogP contribution in [0.2, 0.25) is 0 Å². The van der Waals surface area contributed by atoms with Crippen molar-refractivity contribution in [1.82, 2.24) is 19.9 Å². The zero-order chi connectivity index (χ0) is 16.2. The summed E-state index contributed by atoms with van der Waals surface area (Å²) in [6, 6.07) is 5.33. The third-order valence-corrected chi connectivity index (χ3v) is 3.79. The Morgan fingerprint density at radius 2 is 2.09 bits per heavy atom. The third-order valence-electron chi connectivity index (χ3n) is 2.92. The van der Waals surface area contributed by atoms with E-state index in [1.54, 1.807) is 24.5 Å². The minimum Gasteiger partial charge on any atom is -0.455 e. The molecule has 0 saturated carbocycles. The lowest BCUT2D eigenvalue weighted by atomic mass is 10.4. The lowest BCUT2D eigenvalue weighted by molar-refractivity contribution is 0.0994. The van der Waals surface area contributed by atoms with Gasteiger partial charge in [-0.05, 0) is 32.0 Å². The average Bonchev–Trinajstić information content (AvgIpc) is 3.15. The van der Waals surface area contributed by atoms with Crippen molar-refractivity contribution >= 4 is 23.6 Å². The van der Waals surface area contributed by atoms with Gasteiger partial charge in [-0.2, -0.15) is 0 Å². The van der Waals surface area contributed by atoms with Gasteiger partial charge in [0, 0.05) is 23.8 Å². The summed E-state index contributed by atoms with van der Waals surface area (Å²) in [5.74, 6) is 1.50. The molecule has 0 aromatic carbocycles. The van der Waals surface area contributed by atoms with Gasteiger partial charge in [-0.3, -0.25) is 10.1 Å². The normalized spacial score (nSPS) is 10.7. The van der Waals surface area contributed by atoms with Crippen LogP contribution in [0.4, 0.5) is 5.95 Å². The first-order valence-electron chi connectivity index (χ1n) is 6.95. The molecule has 0 spiro atoms. The molecule has 0 aliphatic rings. The minimum atomic E-state index is -0.348. The van der Waals surface area contributed by atoms with Gasteiger partial charge in [-0.15, -0.1) is 0 Å². The summed E-state index contributed by atoms with van der Waals surface area (Å²) in [4.78, 5) is 27.4. The summed E-state index contributed by atoms with van der Waals surface area (Å²) in [5.41, 5.74) is 1.86. The highest BCUT2D eigenvalue weighted by Crippen LogP contribution is 2.21. The fraction of sp³-hybridized carbons (Fsp3) is 0.200. The van der Waals surface area contributed by atoms with Crippen LogP contribution in [-0.4, -0.2) is 25.8 Å². The second-order valence-electron chi connectivity index (χ2n) is 4.88. The third kappa shape index (κ3) is 3.98. The van der Waals surface area contributed by atoms with E-state index in [4.69, 9.17) is 4.42 Å². The molecule has 7 nitrogen and oxygen atoms in total. The predicted octanol–water partition coefficient (Wildman–Crippen LogP) is 2.95. The van der Waals surface area contributed by atoms with E-state index in [-0.39, 0.29) is 11.7 Å². The van der Waals surface area contributed by atoms with Crippen molar-refractivity contribution in [3.05, 3.63) is 53.5 Å². The van der Waals surface area contributed by atoms with Gasteiger partial charge in [0.2, 0.25) is 5.95 Å². The zero-order valence-electron chi connectivity index (χ0n) is 12.7. The molecule has 0 radical (unpaired) electrons. The van der Waals surface area contributed by atoms with Crippen molar-refractivity contribution in [1.29, 1.82) is 0 Å². The molecule has 0 aliphatic heterocycles. The fourth-order valence-corrected chi connectivity index (χ4v) is 2.82. The number of aryl methyl sites for hydroxylation is 2. The van der Waals surface area contributed by atoms with Crippen LogP contribution in [0.1, 0.15) is 27.7 Å². The molecule has 3 aromatic heterocycles. The number of rotatable bonds is 5. The maximum absolute atomic E-state index is 12.0. The van der Waals surface area contributed by atoms with Gasteiger partial charge in [-0.1, -0.05) is 11.8 Å². The Hall–Kier alpha value is -2.61. The highest BCUT2D eigenvalue weighted by molar-refractivity contribution is 7.98. The van der Waals surface area contributed by atoms with Crippen LogP contribution in [0.15, 0.2) is 40.2 Å². The first kappa shape index (κ1) is 15.3. The predicted molar refractivity (Wildman–Crippen MR) is 86.3 cm³/mol. The first-order valence-corrected chi connectivity index (χ1v) is 7.93. The van der Waals surface area contributed by atoms with Crippen molar-refractivity contribution < 1.29 is 9.21 Å². The lowest BCUT2D eigenvalue weighted by Gasteiger charge is -2.01. The quantitative estimate of drug-likeness (QED) is 0.552. The Morgan fingerprint density at radius 1 is 1.30 bits per heavy atom. The Balaban J connectivity index is 1.61. The van der Waals surface area contributed by atoms with Crippen LogP contribution < -0.4 is 5.32 Å². The number of nitrogens with one attached hydrogen (secondary N) is 2. The minimum absolute atomic E-state index is 0.235. The van der Waals surface area contributed by atoms with Gasteiger partial charge in [0.05, 0.1) is 5.75 Å². The van der Waals surface area contributed by atoms with E-state index in [0.717, 1.165) is 11.4 Å². The van der Waals surface area contributed by atoms with E-state index in [1.165, 1.54) is 11.8 Å². The topological polar surface area (TPSA) is 96.7 Å². The van der Waals surface area contributed by atoms with E-state index >= 15 is 0 Å². The van der Waals surface area contributed by atoms with Crippen molar-refractivity contribution in [2.45, 2.75) is 24.8 Å². The molecule has 2 N–H and O–H groups in total. The molecule has 1 amide bonds. The monoisotopic (exact) mass is 329 g/mol. The van der Waals surface area contributed by atoms with Crippen molar-refractivity contribution in [3.8, 4) is 0 Å². The summed E-state index contributed by atoms with van der Waals surface area (Å²) in [7, 11) is 0. The smallest absolute Gasteiger partial charge is 0.293 e. The van der Waals surface area contributed by atoms with Crippen molar-refractivity contribution in [3.63, 3.8) is 0 Å². The maximum Gasteiger partial charge on any atom is 0.293 e. The Morgan fingerprint density at radius 3 is 2.78 bits per heavy atom. The van der Waals surface area contributed by atoms with Crippen molar-refractivity contribution in [2.75, 3.05) is 5.32 Å². The molecule has 0 atom stereocenters. The number of furan rings is 1. The van der Waals surface area contributed by atoms with Gasteiger partial charge in [0.25, 0.3) is 5.91 Å². The number of imidazole rings is 1. The molecule has 8 heteroatoms. The van der Waals surface area contributed by atoms with Crippen LogP contribution in [0.3, 0.4) is 0 Å². The van der Waals surface area contributed by atoms with Crippen LogP contribution in [0.25, 0.3) is 0 Å². The van der Waals surface area contributed by atoms with E-state index in [1.807, 2.05) is 19.9 Å². The number of hydrogen-bond acceptors (Lipinski definition) is 6. The summed E-state index contributed by atoms with van der Waals surface area (Å²) in [6.07, 6.45) is 3.19. The number of amides is 1. The number of anilines is 1. The molecule has 0 fully saturated rings. The van der Waals surface area contributed by atoms with E-state index in [0.29, 0.717) is 22.6 Å². The molecule has 118 valence electrons. The van der Waals surface area contributed by atoms with Crippen LogP contribution in [0.5, 0.6) is 0 Å². The summed E-state index contributed by atoms with van der Waals surface area (Å²) < 4.78 is 5.55. The van der Waals surface area contributed by atoms with E-state index in [9.17, 15) is 4.79 Å². The zero-order valence-corrected chi connectivity index (χ0v) is 13.5. The number of carbonyl (C=O) groups excluding carboxylic acids is 1. The molecule has 3 aromatic rings. The van der Waals surface area contributed by atoms with Gasteiger partial charge in [-0.25, -0.2) is 15.0 Å². The molecular weight excluding hydrogens is 314 g/mol. The number of nitrogens with zero attached hydrogens (tertiary/aromatic N) is 3. The van der Waals surface area contributed by atoms with Gasteiger partial charge >= 0.3 is 0 Å². The molecule has 0 bridgehead atoms. The SMILES string of the molecule is Cc1cc(C)nc(SCc2ccc(C(=O)Nc3ncc[nH]3)o2)n1. The highest BCUT2D eigenvalue weighted by Gasteiger charge is 2.13. The number of aromatic amines is 1. The maximum atomic E-state index is 12.0. The van der Waals surface area contributed by atoms with Gasteiger partial charge < -0.3 is 9.40 Å². The van der Waals surface area contributed by atoms with E-state index < -0.39 is 0 Å². The molecule has 0 unspecified atom stereocenters. The fourth-order valence-electron chi connectivity index (χ4n) is 1.97. The number of H-pyrrole nitrogens is 1. The summed E-state index contributed by atoms with van der Waals surface area (Å²) in [6.45, 7) is 3.87. The van der Waals surface area contributed by atoms with Crippen LogP contribution in [0, 0.1) is 13.8 Å². The largest absolute Gasteiger partial charge is 0.455 e.